The predicted octanol–water partition coefficient (Wildman–Crippen LogP) is 3.12. The van der Waals surface area contributed by atoms with Crippen LogP contribution in [0.5, 0.6) is 5.75 Å². The lowest BCUT2D eigenvalue weighted by molar-refractivity contribution is 0.224. The van der Waals surface area contributed by atoms with Gasteiger partial charge in [0.1, 0.15) is 12.4 Å². The van der Waals surface area contributed by atoms with E-state index >= 15 is 0 Å². The summed E-state index contributed by atoms with van der Waals surface area (Å²) in [5.74, 6) is 1.60. The molecule has 1 aromatic rings. The van der Waals surface area contributed by atoms with Crippen LogP contribution >= 0.6 is 0 Å². The van der Waals surface area contributed by atoms with Gasteiger partial charge in [0.15, 0.2) is 0 Å². The fourth-order valence-electron chi connectivity index (χ4n) is 3.79. The third-order valence-electron chi connectivity index (χ3n) is 5.40. The number of nitrogens with one attached hydrogen (secondary N) is 2. The molecule has 0 spiro atoms. The Bertz CT molecular complexity index is 677. The third-order valence-corrected chi connectivity index (χ3v) is 7.14. The van der Waals surface area contributed by atoms with Gasteiger partial charge in [-0.25, -0.2) is 4.79 Å². The maximum atomic E-state index is 12.4. The average Bonchev–Trinajstić information content (AvgIpc) is 3.01. The maximum Gasteiger partial charge on any atom is 0.315 e. The van der Waals surface area contributed by atoms with E-state index in [-0.39, 0.29) is 23.4 Å². The van der Waals surface area contributed by atoms with E-state index in [0.717, 1.165) is 42.6 Å². The molecule has 4 atom stereocenters. The quantitative estimate of drug-likeness (QED) is 0.863. The van der Waals surface area contributed by atoms with E-state index in [4.69, 9.17) is 4.74 Å². The van der Waals surface area contributed by atoms with E-state index in [1.807, 2.05) is 19.9 Å². The molecule has 2 aliphatic rings. The summed E-state index contributed by atoms with van der Waals surface area (Å²) in [6, 6.07) is 3.94. The van der Waals surface area contributed by atoms with E-state index < -0.39 is 10.8 Å². The van der Waals surface area contributed by atoms with E-state index in [1.54, 1.807) is 0 Å². The molecular formula is C19H28N2O3S. The van der Waals surface area contributed by atoms with Crippen LogP contribution in [0.2, 0.25) is 0 Å². The van der Waals surface area contributed by atoms with Crippen molar-refractivity contribution in [3.8, 4) is 5.75 Å². The van der Waals surface area contributed by atoms with Gasteiger partial charge in [-0.3, -0.25) is 4.21 Å². The Hall–Kier alpha value is -1.56. The third kappa shape index (κ3) is 4.00. The first-order valence-electron chi connectivity index (χ1n) is 9.16. The summed E-state index contributed by atoms with van der Waals surface area (Å²) >= 11 is 0. The maximum absolute atomic E-state index is 12.4. The van der Waals surface area contributed by atoms with Gasteiger partial charge in [-0.05, 0) is 44.2 Å². The monoisotopic (exact) mass is 364 g/mol. The van der Waals surface area contributed by atoms with E-state index in [0.29, 0.717) is 12.4 Å². The van der Waals surface area contributed by atoms with Gasteiger partial charge in [0.2, 0.25) is 0 Å². The first-order valence-corrected chi connectivity index (χ1v) is 10.5. The molecule has 6 heteroatoms. The highest BCUT2D eigenvalue weighted by Crippen LogP contribution is 2.36. The zero-order chi connectivity index (χ0) is 18.0. The number of carbonyl (C=O) groups is 1. The van der Waals surface area contributed by atoms with Crippen molar-refractivity contribution in [1.82, 2.24) is 10.6 Å². The van der Waals surface area contributed by atoms with Crippen molar-refractivity contribution < 1.29 is 13.7 Å². The Labute approximate surface area is 152 Å². The minimum Gasteiger partial charge on any atom is -0.490 e. The lowest BCUT2D eigenvalue weighted by Crippen LogP contribution is -2.46. The summed E-state index contributed by atoms with van der Waals surface area (Å²) in [6.45, 7) is 6.54. The molecule has 3 rings (SSSR count). The van der Waals surface area contributed by atoms with Crippen LogP contribution in [0.1, 0.15) is 55.3 Å². The number of carbonyl (C=O) groups excluding carboxylic acids is 1. The van der Waals surface area contributed by atoms with Crippen LogP contribution in [-0.4, -0.2) is 33.9 Å². The van der Waals surface area contributed by atoms with Crippen molar-refractivity contribution in [2.45, 2.75) is 63.8 Å². The summed E-state index contributed by atoms with van der Waals surface area (Å²) < 4.78 is 17.8. The lowest BCUT2D eigenvalue weighted by atomic mass is 9.95. The van der Waals surface area contributed by atoms with Gasteiger partial charge >= 0.3 is 6.03 Å². The molecule has 0 radical (unpaired) electrons. The zero-order valence-corrected chi connectivity index (χ0v) is 16.1. The second-order valence-electron chi connectivity index (χ2n) is 7.06. The summed E-state index contributed by atoms with van der Waals surface area (Å²) in [4.78, 5) is 12.4. The normalized spacial score (nSPS) is 26.4. The first-order chi connectivity index (χ1) is 12.0. The Morgan fingerprint density at radius 3 is 2.84 bits per heavy atom. The summed E-state index contributed by atoms with van der Waals surface area (Å²) in [5.41, 5.74) is 3.38. The molecule has 1 fully saturated rings. The SMILES string of the molecule is CCS(=O)C1CCCC(NC(=O)NC2COc3c2ccc(C)c3C)C1. The fourth-order valence-corrected chi connectivity index (χ4v) is 5.14. The number of aryl methyl sites for hydroxylation is 1. The minimum atomic E-state index is -0.779. The van der Waals surface area contributed by atoms with Crippen LogP contribution in [-0.2, 0) is 10.8 Å². The standard InChI is InChI=1S/C19H28N2O3S/c1-4-25(23)15-7-5-6-14(10-15)20-19(22)21-17-11-24-18-13(3)12(2)8-9-16(17)18/h8-9,14-15,17H,4-7,10-11H2,1-3H3,(H2,20,21,22). The van der Waals surface area contributed by atoms with Crippen LogP contribution in [0.15, 0.2) is 12.1 Å². The Morgan fingerprint density at radius 1 is 1.28 bits per heavy atom. The molecule has 1 aliphatic carbocycles. The van der Waals surface area contributed by atoms with Crippen LogP contribution in [0.4, 0.5) is 4.79 Å². The van der Waals surface area contributed by atoms with Gasteiger partial charge in [0.05, 0.1) is 6.04 Å². The number of fused-ring (bicyclic) bond motifs is 1. The molecule has 0 bridgehead atoms. The molecular weight excluding hydrogens is 336 g/mol. The summed E-state index contributed by atoms with van der Waals surface area (Å²) in [7, 11) is -0.779. The molecule has 0 aromatic heterocycles. The highest BCUT2D eigenvalue weighted by atomic mass is 32.2. The van der Waals surface area contributed by atoms with E-state index in [1.165, 1.54) is 5.56 Å². The Balaban J connectivity index is 1.58. The topological polar surface area (TPSA) is 67.4 Å². The van der Waals surface area contributed by atoms with Crippen LogP contribution in [0.25, 0.3) is 0 Å². The molecule has 0 saturated heterocycles. The molecule has 1 aliphatic heterocycles. The van der Waals surface area contributed by atoms with Gasteiger partial charge in [-0.1, -0.05) is 25.5 Å². The number of benzene rings is 1. The van der Waals surface area contributed by atoms with Crippen LogP contribution in [0, 0.1) is 13.8 Å². The van der Waals surface area contributed by atoms with Gasteiger partial charge in [-0.2, -0.15) is 0 Å². The van der Waals surface area contributed by atoms with Crippen LogP contribution in [0.3, 0.4) is 0 Å². The van der Waals surface area contributed by atoms with Crippen molar-refractivity contribution in [2.24, 2.45) is 0 Å². The highest BCUT2D eigenvalue weighted by Gasteiger charge is 2.30. The molecule has 2 amide bonds. The molecule has 4 unspecified atom stereocenters. The summed E-state index contributed by atoms with van der Waals surface area (Å²) in [5, 5.41) is 6.32. The Kier molecular flexibility index (Phi) is 5.67. The van der Waals surface area contributed by atoms with Crippen LogP contribution < -0.4 is 15.4 Å². The number of hydrogen-bond acceptors (Lipinski definition) is 3. The minimum absolute atomic E-state index is 0.107. The van der Waals surface area contributed by atoms with E-state index in [9.17, 15) is 9.00 Å². The fraction of sp³-hybridized carbons (Fsp3) is 0.632. The number of hydrogen-bond donors (Lipinski definition) is 2. The second kappa shape index (κ2) is 7.77. The smallest absolute Gasteiger partial charge is 0.315 e. The van der Waals surface area contributed by atoms with Crippen molar-refractivity contribution in [3.63, 3.8) is 0 Å². The number of rotatable bonds is 4. The molecule has 1 aromatic carbocycles. The molecule has 1 saturated carbocycles. The highest BCUT2D eigenvalue weighted by molar-refractivity contribution is 7.85. The Morgan fingerprint density at radius 2 is 2.08 bits per heavy atom. The van der Waals surface area contributed by atoms with E-state index in [2.05, 4.69) is 23.6 Å². The van der Waals surface area contributed by atoms with Crippen molar-refractivity contribution in [1.29, 1.82) is 0 Å². The zero-order valence-electron chi connectivity index (χ0n) is 15.3. The molecule has 25 heavy (non-hydrogen) atoms. The average molecular weight is 365 g/mol. The van der Waals surface area contributed by atoms with Gasteiger partial charge in [-0.15, -0.1) is 0 Å². The largest absolute Gasteiger partial charge is 0.490 e. The molecule has 5 nitrogen and oxygen atoms in total. The first kappa shape index (κ1) is 18.2. The van der Waals surface area contributed by atoms with Crippen molar-refractivity contribution in [2.75, 3.05) is 12.4 Å². The summed E-state index contributed by atoms with van der Waals surface area (Å²) in [6.07, 6.45) is 3.79. The number of ether oxygens (including phenoxy) is 1. The van der Waals surface area contributed by atoms with Gasteiger partial charge in [0, 0.05) is 33.4 Å². The molecule has 2 N–H and O–H groups in total. The number of amides is 2. The lowest BCUT2D eigenvalue weighted by Gasteiger charge is -2.29. The van der Waals surface area contributed by atoms with Crippen molar-refractivity contribution >= 4 is 16.8 Å². The molecule has 138 valence electrons. The predicted molar refractivity (Wildman–Crippen MR) is 101 cm³/mol. The van der Waals surface area contributed by atoms with Gasteiger partial charge < -0.3 is 15.4 Å². The number of urea groups is 1. The second-order valence-corrected chi connectivity index (χ2v) is 9.07. The van der Waals surface area contributed by atoms with Crippen molar-refractivity contribution in [3.05, 3.63) is 28.8 Å². The molecule has 1 heterocycles. The van der Waals surface area contributed by atoms with Gasteiger partial charge in [0.25, 0.3) is 0 Å².